The van der Waals surface area contributed by atoms with Crippen molar-refractivity contribution in [1.29, 1.82) is 0 Å². The molecule has 1 atom stereocenters. The first kappa shape index (κ1) is 33.3. The molecule has 5 aromatic rings. The summed E-state index contributed by atoms with van der Waals surface area (Å²) in [7, 11) is 1.58. The lowest BCUT2D eigenvalue weighted by molar-refractivity contribution is -0.116. The van der Waals surface area contributed by atoms with E-state index in [1.165, 1.54) is 17.8 Å². The molecular formula is C37H29Cl2N3O4S. The fourth-order valence-electron chi connectivity index (χ4n) is 4.49. The van der Waals surface area contributed by atoms with Crippen LogP contribution < -0.4 is 20.7 Å². The van der Waals surface area contributed by atoms with Crippen LogP contribution in [-0.2, 0) is 9.59 Å². The Morgan fingerprint density at radius 3 is 2.13 bits per heavy atom. The molecule has 10 heteroatoms. The molecular weight excluding hydrogens is 653 g/mol. The van der Waals surface area contributed by atoms with Crippen LogP contribution in [0.1, 0.15) is 26.7 Å². The number of benzene rings is 5. The normalized spacial score (nSPS) is 11.7. The molecule has 5 rings (SSSR count). The minimum Gasteiger partial charge on any atom is -0.497 e. The van der Waals surface area contributed by atoms with Crippen LogP contribution >= 0.6 is 35.0 Å². The Morgan fingerprint density at radius 1 is 0.745 bits per heavy atom. The Kier molecular flexibility index (Phi) is 11.4. The van der Waals surface area contributed by atoms with E-state index in [4.69, 9.17) is 27.9 Å². The second kappa shape index (κ2) is 16.0. The summed E-state index contributed by atoms with van der Waals surface area (Å²) in [6.45, 7) is 0. The van der Waals surface area contributed by atoms with E-state index in [0.717, 1.165) is 10.5 Å². The molecule has 0 fully saturated rings. The summed E-state index contributed by atoms with van der Waals surface area (Å²) in [6, 6.07) is 37.2. The number of anilines is 2. The van der Waals surface area contributed by atoms with Gasteiger partial charge in [0, 0.05) is 21.8 Å². The van der Waals surface area contributed by atoms with Crippen LogP contribution in [0, 0.1) is 0 Å². The second-order valence-corrected chi connectivity index (χ2v) is 12.1. The van der Waals surface area contributed by atoms with Gasteiger partial charge in [-0.2, -0.15) is 0 Å². The molecule has 3 amide bonds. The Morgan fingerprint density at radius 2 is 1.43 bits per heavy atom. The average Bonchev–Trinajstić information content (AvgIpc) is 3.10. The standard InChI is InChI=1S/C37H29Cl2N3O4S/c1-46-29-20-18-27(19-21-29)40-37(45)34(24-10-4-2-5-11-24)47-30-16-9-15-28(23-30)41-36(44)32(22-26-14-8-17-31(38)33(26)39)42-35(43)25-12-6-3-7-13-25/h2-23,34H,1H3,(H,40,45)(H,41,44)(H,42,43)/b32-22+. The van der Waals surface area contributed by atoms with Gasteiger partial charge < -0.3 is 20.7 Å². The summed E-state index contributed by atoms with van der Waals surface area (Å²) in [5.74, 6) is -0.579. The van der Waals surface area contributed by atoms with Crippen molar-refractivity contribution in [1.82, 2.24) is 5.32 Å². The number of rotatable bonds is 11. The van der Waals surface area contributed by atoms with Crippen LogP contribution in [0.2, 0.25) is 10.0 Å². The lowest BCUT2D eigenvalue weighted by Crippen LogP contribution is -2.30. The number of carbonyl (C=O) groups excluding carboxylic acids is 3. The van der Waals surface area contributed by atoms with Crippen molar-refractivity contribution >= 4 is 70.1 Å². The number of hydrogen-bond donors (Lipinski definition) is 3. The Bertz CT molecular complexity index is 1900. The molecule has 5 aromatic carbocycles. The molecule has 0 heterocycles. The number of methoxy groups -OCH3 is 1. The van der Waals surface area contributed by atoms with E-state index in [2.05, 4.69) is 16.0 Å². The van der Waals surface area contributed by atoms with E-state index in [1.807, 2.05) is 36.4 Å². The van der Waals surface area contributed by atoms with Crippen LogP contribution in [0.3, 0.4) is 0 Å². The van der Waals surface area contributed by atoms with Crippen molar-refractivity contribution in [2.24, 2.45) is 0 Å². The van der Waals surface area contributed by atoms with Crippen LogP contribution in [0.5, 0.6) is 5.75 Å². The largest absolute Gasteiger partial charge is 0.497 e. The second-order valence-electron chi connectivity index (χ2n) is 10.1. The number of halogens is 2. The number of thioether (sulfide) groups is 1. The Hall–Kier alpha value is -5.02. The van der Waals surface area contributed by atoms with Gasteiger partial charge in [-0.3, -0.25) is 14.4 Å². The summed E-state index contributed by atoms with van der Waals surface area (Å²) in [6.07, 6.45) is 1.47. The number of nitrogens with one attached hydrogen (secondary N) is 3. The van der Waals surface area contributed by atoms with Gasteiger partial charge in [0.1, 0.15) is 16.7 Å². The van der Waals surface area contributed by atoms with E-state index in [-0.39, 0.29) is 16.6 Å². The first-order chi connectivity index (χ1) is 22.8. The van der Waals surface area contributed by atoms with E-state index < -0.39 is 17.1 Å². The molecule has 47 heavy (non-hydrogen) atoms. The highest BCUT2D eigenvalue weighted by Gasteiger charge is 2.23. The maximum Gasteiger partial charge on any atom is 0.272 e. The highest BCUT2D eigenvalue weighted by atomic mass is 35.5. The van der Waals surface area contributed by atoms with E-state index >= 15 is 0 Å². The Balaban J connectivity index is 1.38. The lowest BCUT2D eigenvalue weighted by atomic mass is 10.1. The van der Waals surface area contributed by atoms with Crippen molar-refractivity contribution in [2.45, 2.75) is 10.1 Å². The molecule has 0 saturated carbocycles. The molecule has 1 unspecified atom stereocenters. The zero-order valence-corrected chi connectivity index (χ0v) is 27.4. The number of hydrogen-bond acceptors (Lipinski definition) is 5. The average molecular weight is 683 g/mol. The molecule has 0 aliphatic carbocycles. The van der Waals surface area contributed by atoms with Crippen molar-refractivity contribution in [2.75, 3.05) is 17.7 Å². The van der Waals surface area contributed by atoms with Gasteiger partial charge in [0.2, 0.25) is 5.91 Å². The minimum atomic E-state index is -0.602. The van der Waals surface area contributed by atoms with Crippen molar-refractivity contribution in [3.05, 3.63) is 160 Å². The summed E-state index contributed by atoms with van der Waals surface area (Å²) in [4.78, 5) is 41.0. The first-order valence-corrected chi connectivity index (χ1v) is 16.0. The van der Waals surface area contributed by atoms with Gasteiger partial charge in [0.25, 0.3) is 11.8 Å². The van der Waals surface area contributed by atoms with E-state index in [0.29, 0.717) is 33.3 Å². The van der Waals surface area contributed by atoms with Gasteiger partial charge in [0.15, 0.2) is 0 Å². The van der Waals surface area contributed by atoms with E-state index in [9.17, 15) is 14.4 Å². The van der Waals surface area contributed by atoms with Gasteiger partial charge in [-0.1, -0.05) is 89.9 Å². The quantitative estimate of drug-likeness (QED) is 0.0956. The first-order valence-electron chi connectivity index (χ1n) is 14.4. The van der Waals surface area contributed by atoms with Gasteiger partial charge in [-0.25, -0.2) is 0 Å². The van der Waals surface area contributed by atoms with Crippen LogP contribution in [0.15, 0.2) is 138 Å². The van der Waals surface area contributed by atoms with Gasteiger partial charge in [-0.05, 0) is 77.9 Å². The number of amides is 3. The van der Waals surface area contributed by atoms with Crippen molar-refractivity contribution in [3.8, 4) is 5.75 Å². The predicted molar refractivity (Wildman–Crippen MR) is 190 cm³/mol. The molecule has 0 saturated heterocycles. The van der Waals surface area contributed by atoms with E-state index in [1.54, 1.807) is 98.1 Å². The highest BCUT2D eigenvalue weighted by molar-refractivity contribution is 8.00. The van der Waals surface area contributed by atoms with Crippen molar-refractivity contribution in [3.63, 3.8) is 0 Å². The minimum absolute atomic E-state index is 0.0397. The van der Waals surface area contributed by atoms with Gasteiger partial charge in [-0.15, -0.1) is 11.8 Å². The maximum absolute atomic E-state index is 13.6. The highest BCUT2D eigenvalue weighted by Crippen LogP contribution is 2.37. The topological polar surface area (TPSA) is 96.5 Å². The molecule has 236 valence electrons. The fourth-order valence-corrected chi connectivity index (χ4v) is 5.94. The molecule has 0 radical (unpaired) electrons. The lowest BCUT2D eigenvalue weighted by Gasteiger charge is -2.18. The molecule has 3 N–H and O–H groups in total. The van der Waals surface area contributed by atoms with Crippen LogP contribution in [-0.4, -0.2) is 24.8 Å². The summed E-state index contributed by atoms with van der Waals surface area (Å²) in [5, 5.41) is 8.50. The monoisotopic (exact) mass is 681 g/mol. The Labute approximate surface area is 287 Å². The zero-order valence-electron chi connectivity index (χ0n) is 25.1. The molecule has 0 aliphatic heterocycles. The molecule has 0 aromatic heterocycles. The molecule has 0 spiro atoms. The van der Waals surface area contributed by atoms with Crippen LogP contribution in [0.4, 0.5) is 11.4 Å². The van der Waals surface area contributed by atoms with Gasteiger partial charge in [0.05, 0.1) is 17.2 Å². The SMILES string of the molecule is COc1ccc(NC(=O)C(Sc2cccc(NC(=O)/C(=C\c3cccc(Cl)c3Cl)NC(=O)c3ccccc3)c2)c2ccccc2)cc1. The fraction of sp³-hybridized carbons (Fsp3) is 0.0541. The molecule has 7 nitrogen and oxygen atoms in total. The third-order valence-electron chi connectivity index (χ3n) is 6.85. The summed E-state index contributed by atoms with van der Waals surface area (Å²) < 4.78 is 5.22. The van der Waals surface area contributed by atoms with Crippen LogP contribution in [0.25, 0.3) is 6.08 Å². The molecule has 0 bridgehead atoms. The number of ether oxygens (including phenoxy) is 1. The molecule has 0 aliphatic rings. The zero-order chi connectivity index (χ0) is 33.2. The van der Waals surface area contributed by atoms with Crippen molar-refractivity contribution < 1.29 is 19.1 Å². The summed E-state index contributed by atoms with van der Waals surface area (Å²) >= 11 is 13.9. The predicted octanol–water partition coefficient (Wildman–Crippen LogP) is 8.88. The third kappa shape index (κ3) is 9.04. The smallest absolute Gasteiger partial charge is 0.272 e. The summed E-state index contributed by atoms with van der Waals surface area (Å²) in [5.41, 5.74) is 2.69. The maximum atomic E-state index is 13.6. The number of carbonyl (C=O) groups is 3. The third-order valence-corrected chi connectivity index (χ3v) is 8.94. The van der Waals surface area contributed by atoms with Gasteiger partial charge >= 0.3 is 0 Å².